The van der Waals surface area contributed by atoms with Gasteiger partial charge in [-0.2, -0.15) is 5.11 Å². The van der Waals surface area contributed by atoms with Gasteiger partial charge in [0.25, 0.3) is 5.95 Å². The second-order valence-electron chi connectivity index (χ2n) is 6.38. The maximum Gasteiger partial charge on any atom is 0.269 e. The maximum atomic E-state index is 13.3. The van der Waals surface area contributed by atoms with Gasteiger partial charge in [0.1, 0.15) is 11.6 Å². The van der Waals surface area contributed by atoms with E-state index < -0.39 is 0 Å². The van der Waals surface area contributed by atoms with Crippen molar-refractivity contribution in [2.75, 3.05) is 0 Å². The lowest BCUT2D eigenvalue weighted by atomic mass is 10.1. The van der Waals surface area contributed by atoms with Gasteiger partial charge in [0.2, 0.25) is 0 Å². The van der Waals surface area contributed by atoms with E-state index in [-0.39, 0.29) is 17.5 Å². The van der Waals surface area contributed by atoms with Gasteiger partial charge >= 0.3 is 0 Å². The van der Waals surface area contributed by atoms with E-state index in [0.717, 1.165) is 16.7 Å². The second-order valence-corrected chi connectivity index (χ2v) is 6.38. The van der Waals surface area contributed by atoms with Crippen molar-refractivity contribution >= 4 is 5.95 Å². The molecular weight excluding hydrogens is 367 g/mol. The molecule has 0 saturated carbocycles. The lowest BCUT2D eigenvalue weighted by Gasteiger charge is -2.06. The van der Waals surface area contributed by atoms with Crippen molar-refractivity contribution in [3.63, 3.8) is 0 Å². The van der Waals surface area contributed by atoms with Crippen molar-refractivity contribution in [3.8, 4) is 28.3 Å². The van der Waals surface area contributed by atoms with Crippen molar-refractivity contribution in [2.24, 2.45) is 10.2 Å². The number of hydrogen-bond donors (Lipinski definition) is 1. The minimum atomic E-state index is -0.306. The molecule has 0 aliphatic carbocycles. The average Bonchev–Trinajstić information content (AvgIpc) is 2.76. The molecule has 1 heterocycles. The number of aromatic nitrogens is 2. The molecule has 0 bridgehead atoms. The summed E-state index contributed by atoms with van der Waals surface area (Å²) in [5, 5.41) is 17.7. The molecule has 0 fully saturated rings. The van der Waals surface area contributed by atoms with E-state index in [4.69, 9.17) is 0 Å². The molecule has 29 heavy (non-hydrogen) atoms. The van der Waals surface area contributed by atoms with Gasteiger partial charge in [-0.1, -0.05) is 42.5 Å². The Bertz CT molecular complexity index is 1130. The fraction of sp³-hybridized carbons (Fsp3) is 0.0435. The average molecular weight is 384 g/mol. The Morgan fingerprint density at radius 2 is 1.38 bits per heavy atom. The molecule has 0 amide bonds. The van der Waals surface area contributed by atoms with Crippen LogP contribution < -0.4 is 0 Å². The van der Waals surface area contributed by atoms with Crippen LogP contribution in [0, 0.1) is 5.82 Å². The van der Waals surface area contributed by atoms with Crippen molar-refractivity contribution in [1.82, 2.24) is 9.97 Å². The first-order chi connectivity index (χ1) is 14.2. The van der Waals surface area contributed by atoms with Crippen molar-refractivity contribution < 1.29 is 9.50 Å². The number of benzene rings is 3. The van der Waals surface area contributed by atoms with Gasteiger partial charge in [0.05, 0.1) is 17.9 Å². The lowest BCUT2D eigenvalue weighted by molar-refractivity contribution is 0.475. The van der Waals surface area contributed by atoms with E-state index in [1.807, 2.05) is 36.4 Å². The van der Waals surface area contributed by atoms with E-state index in [2.05, 4.69) is 20.2 Å². The Labute approximate surface area is 167 Å². The highest BCUT2D eigenvalue weighted by Crippen LogP contribution is 2.26. The van der Waals surface area contributed by atoms with Crippen LogP contribution in [0.4, 0.5) is 10.3 Å². The Balaban J connectivity index is 1.68. The minimum absolute atomic E-state index is 0.202. The van der Waals surface area contributed by atoms with Crippen LogP contribution in [0.3, 0.4) is 0 Å². The van der Waals surface area contributed by atoms with Crippen LogP contribution in [-0.2, 0) is 6.54 Å². The van der Waals surface area contributed by atoms with Crippen LogP contribution in [0.25, 0.3) is 22.5 Å². The van der Waals surface area contributed by atoms with Crippen LogP contribution in [-0.4, -0.2) is 15.1 Å². The predicted molar refractivity (Wildman–Crippen MR) is 109 cm³/mol. The van der Waals surface area contributed by atoms with Crippen LogP contribution in [0.15, 0.2) is 95.2 Å². The quantitative estimate of drug-likeness (QED) is 0.433. The van der Waals surface area contributed by atoms with Crippen LogP contribution in [0.5, 0.6) is 5.75 Å². The van der Waals surface area contributed by atoms with Gasteiger partial charge in [-0.15, -0.1) is 5.11 Å². The summed E-state index contributed by atoms with van der Waals surface area (Å²) in [6.45, 7) is 0.338. The Hall–Kier alpha value is -3.93. The first-order valence-corrected chi connectivity index (χ1v) is 9.03. The highest BCUT2D eigenvalue weighted by atomic mass is 19.1. The van der Waals surface area contributed by atoms with Crippen LogP contribution in [0.2, 0.25) is 0 Å². The molecule has 0 radical (unpaired) electrons. The van der Waals surface area contributed by atoms with Gasteiger partial charge in [-0.05, 0) is 48.0 Å². The Morgan fingerprint density at radius 1 is 0.759 bits per heavy atom. The number of phenolic OH excluding ortho intramolecular Hbond substituents is 1. The first-order valence-electron chi connectivity index (χ1n) is 9.03. The number of hydrogen-bond acceptors (Lipinski definition) is 5. The fourth-order valence-electron chi connectivity index (χ4n) is 2.79. The Kier molecular flexibility index (Phi) is 5.33. The minimum Gasteiger partial charge on any atom is -0.508 e. The topological polar surface area (TPSA) is 70.7 Å². The summed E-state index contributed by atoms with van der Waals surface area (Å²) in [4.78, 5) is 8.98. The fourth-order valence-corrected chi connectivity index (χ4v) is 2.79. The van der Waals surface area contributed by atoms with E-state index in [1.165, 1.54) is 12.1 Å². The van der Waals surface area contributed by atoms with Crippen molar-refractivity contribution in [1.29, 1.82) is 0 Å². The molecule has 0 unspecified atom stereocenters. The predicted octanol–water partition coefficient (Wildman–Crippen LogP) is 5.94. The third-order valence-electron chi connectivity index (χ3n) is 4.27. The van der Waals surface area contributed by atoms with Crippen molar-refractivity contribution in [2.45, 2.75) is 6.54 Å². The monoisotopic (exact) mass is 384 g/mol. The molecule has 3 aromatic carbocycles. The first kappa shape index (κ1) is 18.4. The van der Waals surface area contributed by atoms with E-state index in [9.17, 15) is 9.50 Å². The molecule has 0 aliphatic heterocycles. The summed E-state index contributed by atoms with van der Waals surface area (Å²) >= 11 is 0. The SMILES string of the molecule is Oc1ccc(CN=Nc2nc(-c3ccccc3)cc(-c3ccc(F)cc3)n2)cc1. The smallest absolute Gasteiger partial charge is 0.269 e. The van der Waals surface area contributed by atoms with E-state index >= 15 is 0 Å². The van der Waals surface area contributed by atoms with Gasteiger partial charge in [-0.3, -0.25) is 0 Å². The summed E-state index contributed by atoms with van der Waals surface area (Å²) < 4.78 is 13.3. The number of rotatable bonds is 5. The third kappa shape index (κ3) is 4.68. The summed E-state index contributed by atoms with van der Waals surface area (Å²) in [5.41, 5.74) is 3.94. The lowest BCUT2D eigenvalue weighted by Crippen LogP contribution is -1.91. The number of aromatic hydroxyl groups is 1. The molecule has 4 rings (SSSR count). The summed E-state index contributed by atoms with van der Waals surface area (Å²) in [7, 11) is 0. The molecule has 1 N–H and O–H groups in total. The molecule has 1 aromatic heterocycles. The van der Waals surface area contributed by atoms with Crippen molar-refractivity contribution in [3.05, 3.63) is 96.3 Å². The van der Waals surface area contributed by atoms with Crippen LogP contribution in [0.1, 0.15) is 5.56 Å². The van der Waals surface area contributed by atoms with Gasteiger partial charge in [0.15, 0.2) is 0 Å². The molecular formula is C23H17FN4O. The molecule has 6 heteroatoms. The molecule has 5 nitrogen and oxygen atoms in total. The van der Waals surface area contributed by atoms with Crippen LogP contribution >= 0.6 is 0 Å². The maximum absolute atomic E-state index is 13.3. The number of halogens is 1. The number of phenols is 1. The molecule has 142 valence electrons. The number of azo groups is 1. The summed E-state index contributed by atoms with van der Waals surface area (Å²) in [6, 6.07) is 24.4. The molecule has 0 saturated heterocycles. The zero-order chi connectivity index (χ0) is 20.1. The summed E-state index contributed by atoms with van der Waals surface area (Å²) in [5.74, 6) is 0.123. The van der Waals surface area contributed by atoms with Gasteiger partial charge < -0.3 is 5.11 Å². The zero-order valence-corrected chi connectivity index (χ0v) is 15.4. The molecule has 0 aliphatic rings. The largest absolute Gasteiger partial charge is 0.508 e. The van der Waals surface area contributed by atoms with Gasteiger partial charge in [-0.25, -0.2) is 14.4 Å². The molecule has 4 aromatic rings. The molecule has 0 spiro atoms. The summed E-state index contributed by atoms with van der Waals surface area (Å²) in [6.07, 6.45) is 0. The zero-order valence-electron chi connectivity index (χ0n) is 15.4. The third-order valence-corrected chi connectivity index (χ3v) is 4.27. The molecule has 0 atom stereocenters. The second kappa shape index (κ2) is 8.39. The van der Waals surface area contributed by atoms with E-state index in [1.54, 1.807) is 36.4 Å². The van der Waals surface area contributed by atoms with E-state index in [0.29, 0.717) is 17.9 Å². The highest BCUT2D eigenvalue weighted by Gasteiger charge is 2.08. The van der Waals surface area contributed by atoms with Gasteiger partial charge in [0, 0.05) is 11.1 Å². The normalized spacial score (nSPS) is 11.1. The standard InChI is InChI=1S/C23H17FN4O/c24-19-10-8-18(9-11-19)22-14-21(17-4-2-1-3-5-17)26-23(27-22)28-25-15-16-6-12-20(29)13-7-16/h1-14,29H,15H2. The highest BCUT2D eigenvalue weighted by molar-refractivity contribution is 5.68. The Morgan fingerprint density at radius 3 is 2.03 bits per heavy atom. The number of nitrogens with zero attached hydrogens (tertiary/aromatic N) is 4.